The summed E-state index contributed by atoms with van der Waals surface area (Å²) in [6.07, 6.45) is 0. The molecule has 0 saturated heterocycles. The van der Waals surface area contributed by atoms with E-state index in [0.717, 1.165) is 26.9 Å². The van der Waals surface area contributed by atoms with Crippen LogP contribution in [0.2, 0.25) is 0 Å². The predicted octanol–water partition coefficient (Wildman–Crippen LogP) is 2.89. The molecule has 14 heavy (non-hydrogen) atoms. The summed E-state index contributed by atoms with van der Waals surface area (Å²) in [6.45, 7) is 2.96. The van der Waals surface area contributed by atoms with E-state index in [-0.39, 0.29) is 0 Å². The van der Waals surface area contributed by atoms with Crippen LogP contribution >= 0.6 is 37.5 Å². The highest BCUT2D eigenvalue weighted by Crippen LogP contribution is 2.20. The minimum absolute atomic E-state index is 0.825. The molecule has 0 fully saturated rings. The van der Waals surface area contributed by atoms with Gasteiger partial charge in [0.2, 0.25) is 0 Å². The van der Waals surface area contributed by atoms with Crippen molar-refractivity contribution in [2.75, 3.05) is 13.6 Å². The first-order valence-corrected chi connectivity index (χ1v) is 5.64. The van der Waals surface area contributed by atoms with Crippen LogP contribution in [0.3, 0.4) is 0 Å². The third-order valence-electron chi connectivity index (χ3n) is 2.03. The molecule has 4 heteroatoms. The zero-order valence-electron chi connectivity index (χ0n) is 8.19. The molecule has 0 aliphatic rings. The van der Waals surface area contributed by atoms with Crippen molar-refractivity contribution in [1.29, 1.82) is 0 Å². The van der Waals surface area contributed by atoms with Crippen molar-refractivity contribution in [3.8, 4) is 0 Å². The number of rotatable bonds is 2. The van der Waals surface area contributed by atoms with Crippen molar-refractivity contribution >= 4 is 42.5 Å². The molecule has 0 spiro atoms. The van der Waals surface area contributed by atoms with Crippen LogP contribution in [0, 0.1) is 0 Å². The summed E-state index contributed by atoms with van der Waals surface area (Å²) in [5.41, 5.74) is 0.991. The van der Waals surface area contributed by atoms with E-state index in [4.69, 9.17) is 12.2 Å². The fourth-order valence-corrected chi connectivity index (χ4v) is 2.06. The predicted molar refractivity (Wildman–Crippen MR) is 71.0 cm³/mol. The van der Waals surface area contributed by atoms with Gasteiger partial charge < -0.3 is 4.90 Å². The Bertz CT molecular complexity index is 349. The number of hydrogen-bond acceptors (Lipinski definition) is 3. The largest absolute Gasteiger partial charge is 0.366 e. The van der Waals surface area contributed by atoms with Gasteiger partial charge in [-0.2, -0.15) is 0 Å². The van der Waals surface area contributed by atoms with E-state index >= 15 is 0 Å². The van der Waals surface area contributed by atoms with Crippen molar-refractivity contribution in [2.24, 2.45) is 0 Å². The van der Waals surface area contributed by atoms with Crippen LogP contribution in [-0.4, -0.2) is 23.5 Å². The van der Waals surface area contributed by atoms with E-state index < -0.39 is 0 Å². The maximum absolute atomic E-state index is 5.33. The molecular formula is C10H13NS3. The van der Waals surface area contributed by atoms with Crippen LogP contribution in [0.15, 0.2) is 28.0 Å². The zero-order chi connectivity index (χ0) is 10.7. The average Bonchev–Trinajstić information content (AvgIpc) is 2.15. The lowest BCUT2D eigenvalue weighted by atomic mass is 10.2. The molecule has 0 bridgehead atoms. The third kappa shape index (κ3) is 2.65. The minimum atomic E-state index is 0.825. The summed E-state index contributed by atoms with van der Waals surface area (Å²) < 4.78 is 0. The molecule has 1 aromatic rings. The van der Waals surface area contributed by atoms with Gasteiger partial charge in [-0.3, -0.25) is 0 Å². The number of thiol groups is 2. The monoisotopic (exact) mass is 243 g/mol. The lowest BCUT2D eigenvalue weighted by molar-refractivity contribution is 0.545. The average molecular weight is 243 g/mol. The molecule has 0 aliphatic heterocycles. The second-order valence-corrected chi connectivity index (χ2v) is 4.41. The molecule has 1 rings (SSSR count). The van der Waals surface area contributed by atoms with Gasteiger partial charge in [-0.15, -0.1) is 25.3 Å². The maximum Gasteiger partial charge on any atom is 0.110 e. The minimum Gasteiger partial charge on any atom is -0.366 e. The van der Waals surface area contributed by atoms with Crippen LogP contribution in [0.4, 0.5) is 0 Å². The summed E-state index contributed by atoms with van der Waals surface area (Å²) in [5.74, 6) is 0. The van der Waals surface area contributed by atoms with Gasteiger partial charge in [0.1, 0.15) is 4.99 Å². The Morgan fingerprint density at radius 3 is 2.57 bits per heavy atom. The SMILES string of the molecule is CCN(C)C(=S)c1ccc(S)cc1S. The Morgan fingerprint density at radius 2 is 2.07 bits per heavy atom. The lowest BCUT2D eigenvalue weighted by Gasteiger charge is -2.19. The fourth-order valence-electron chi connectivity index (χ4n) is 1.05. The smallest absolute Gasteiger partial charge is 0.110 e. The molecule has 0 aromatic heterocycles. The van der Waals surface area contributed by atoms with E-state index in [1.54, 1.807) is 0 Å². The molecule has 0 amide bonds. The molecular weight excluding hydrogens is 230 g/mol. The molecule has 1 aromatic carbocycles. The highest BCUT2D eigenvalue weighted by molar-refractivity contribution is 7.82. The first-order valence-electron chi connectivity index (χ1n) is 4.33. The van der Waals surface area contributed by atoms with Gasteiger partial charge in [0, 0.05) is 28.9 Å². The molecule has 0 saturated carbocycles. The first kappa shape index (κ1) is 11.9. The van der Waals surface area contributed by atoms with E-state index in [1.807, 2.05) is 30.1 Å². The van der Waals surface area contributed by atoms with Crippen molar-refractivity contribution < 1.29 is 0 Å². The Hall–Kier alpha value is -0.190. The molecule has 0 heterocycles. The normalized spacial score (nSPS) is 10.0. The van der Waals surface area contributed by atoms with Gasteiger partial charge in [-0.25, -0.2) is 0 Å². The summed E-state index contributed by atoms with van der Waals surface area (Å²) in [7, 11) is 1.98. The highest BCUT2D eigenvalue weighted by atomic mass is 32.1. The summed E-state index contributed by atoms with van der Waals surface area (Å²) in [6, 6.07) is 5.78. The van der Waals surface area contributed by atoms with Gasteiger partial charge in [0.15, 0.2) is 0 Å². The first-order chi connectivity index (χ1) is 6.56. The van der Waals surface area contributed by atoms with Gasteiger partial charge in [0.25, 0.3) is 0 Å². The Balaban J connectivity index is 3.02. The van der Waals surface area contributed by atoms with Crippen LogP contribution in [0.25, 0.3) is 0 Å². The molecule has 0 radical (unpaired) electrons. The van der Waals surface area contributed by atoms with Gasteiger partial charge in [0.05, 0.1) is 0 Å². The highest BCUT2D eigenvalue weighted by Gasteiger charge is 2.08. The number of thiocarbonyl (C=S) groups is 1. The van der Waals surface area contributed by atoms with E-state index in [1.165, 1.54) is 0 Å². The fraction of sp³-hybridized carbons (Fsp3) is 0.300. The molecule has 1 nitrogen and oxygen atoms in total. The topological polar surface area (TPSA) is 3.24 Å². The van der Waals surface area contributed by atoms with Crippen molar-refractivity contribution in [3.05, 3.63) is 23.8 Å². The van der Waals surface area contributed by atoms with Crippen molar-refractivity contribution in [2.45, 2.75) is 16.7 Å². The van der Waals surface area contributed by atoms with Crippen LogP contribution < -0.4 is 0 Å². The maximum atomic E-state index is 5.33. The second-order valence-electron chi connectivity index (χ2n) is 3.02. The molecule has 76 valence electrons. The number of benzene rings is 1. The molecule has 0 N–H and O–H groups in total. The number of nitrogens with zero attached hydrogens (tertiary/aromatic N) is 1. The quantitative estimate of drug-likeness (QED) is 0.607. The van der Waals surface area contributed by atoms with Gasteiger partial charge >= 0.3 is 0 Å². The summed E-state index contributed by atoms with van der Waals surface area (Å²) in [4.78, 5) is 4.62. The van der Waals surface area contributed by atoms with Gasteiger partial charge in [-0.05, 0) is 25.1 Å². The van der Waals surface area contributed by atoms with E-state index in [0.29, 0.717) is 0 Å². The summed E-state index contributed by atoms with van der Waals surface area (Å²) in [5, 5.41) is 0. The van der Waals surface area contributed by atoms with Crippen molar-refractivity contribution in [1.82, 2.24) is 4.90 Å². The molecule has 0 aliphatic carbocycles. The van der Waals surface area contributed by atoms with Crippen LogP contribution in [0.1, 0.15) is 12.5 Å². The van der Waals surface area contributed by atoms with E-state index in [2.05, 4.69) is 32.2 Å². The lowest BCUT2D eigenvalue weighted by Crippen LogP contribution is -2.25. The van der Waals surface area contributed by atoms with E-state index in [9.17, 15) is 0 Å². The Labute approximate surface area is 101 Å². The van der Waals surface area contributed by atoms with Crippen LogP contribution in [0.5, 0.6) is 0 Å². The summed E-state index contributed by atoms with van der Waals surface area (Å²) >= 11 is 13.9. The number of hydrogen-bond donors (Lipinski definition) is 2. The Kier molecular flexibility index (Phi) is 4.29. The Morgan fingerprint density at radius 1 is 1.43 bits per heavy atom. The van der Waals surface area contributed by atoms with Crippen molar-refractivity contribution in [3.63, 3.8) is 0 Å². The van der Waals surface area contributed by atoms with Crippen LogP contribution in [-0.2, 0) is 0 Å². The molecule has 0 unspecified atom stereocenters. The zero-order valence-corrected chi connectivity index (χ0v) is 10.8. The third-order valence-corrected chi connectivity index (χ3v) is 3.21. The second kappa shape index (κ2) is 5.05. The van der Waals surface area contributed by atoms with Gasteiger partial charge in [-0.1, -0.05) is 12.2 Å². The molecule has 0 atom stereocenters. The standard InChI is InChI=1S/C10H13NS3/c1-3-11(2)10(14)8-5-4-7(12)6-9(8)13/h4-6,12-13H,3H2,1-2H3.